The van der Waals surface area contributed by atoms with E-state index in [4.69, 9.17) is 10.5 Å². The van der Waals surface area contributed by atoms with Crippen LogP contribution in [0.5, 0.6) is 5.75 Å². The first-order valence-corrected chi connectivity index (χ1v) is 6.42. The molecule has 0 saturated carbocycles. The average Bonchev–Trinajstić information content (AvgIpc) is 2.85. The van der Waals surface area contributed by atoms with Crippen LogP contribution in [-0.4, -0.2) is 21.9 Å². The summed E-state index contributed by atoms with van der Waals surface area (Å²) in [6.45, 7) is 4.88. The first kappa shape index (κ1) is 13.5. The number of aryl methyl sites for hydroxylation is 2. The van der Waals surface area contributed by atoms with Crippen LogP contribution in [0.2, 0.25) is 0 Å². The van der Waals surface area contributed by atoms with Gasteiger partial charge in [-0.25, -0.2) is 4.98 Å². The third-order valence-electron chi connectivity index (χ3n) is 3.18. The molecule has 1 aromatic carbocycles. The van der Waals surface area contributed by atoms with Gasteiger partial charge in [-0.2, -0.15) is 5.10 Å². The molecule has 2 rings (SSSR count). The van der Waals surface area contributed by atoms with Crippen LogP contribution in [0.25, 0.3) is 0 Å². The standard InChI is InChI=1S/C14H20N4O/c1-4-18-14(16-9-17-18)8-12(15)11-7-10(2)5-6-13(11)19-3/h5-7,9,12H,4,8,15H2,1-3H3. The molecule has 1 aromatic heterocycles. The highest BCUT2D eigenvalue weighted by atomic mass is 16.5. The van der Waals surface area contributed by atoms with Gasteiger partial charge in [0.2, 0.25) is 0 Å². The first-order valence-electron chi connectivity index (χ1n) is 6.42. The van der Waals surface area contributed by atoms with E-state index >= 15 is 0 Å². The van der Waals surface area contributed by atoms with E-state index in [2.05, 4.69) is 16.1 Å². The minimum atomic E-state index is -0.149. The lowest BCUT2D eigenvalue weighted by Crippen LogP contribution is -2.17. The molecule has 0 aliphatic heterocycles. The van der Waals surface area contributed by atoms with Gasteiger partial charge in [0.05, 0.1) is 7.11 Å². The maximum atomic E-state index is 6.29. The molecular formula is C14H20N4O. The quantitative estimate of drug-likeness (QED) is 0.891. The summed E-state index contributed by atoms with van der Waals surface area (Å²) in [7, 11) is 1.66. The minimum Gasteiger partial charge on any atom is -0.496 e. The van der Waals surface area contributed by atoms with E-state index < -0.39 is 0 Å². The third-order valence-corrected chi connectivity index (χ3v) is 3.18. The van der Waals surface area contributed by atoms with Gasteiger partial charge in [-0.15, -0.1) is 0 Å². The second-order valence-electron chi connectivity index (χ2n) is 4.55. The Morgan fingerprint density at radius 2 is 2.21 bits per heavy atom. The van der Waals surface area contributed by atoms with Gasteiger partial charge in [-0.05, 0) is 19.9 Å². The van der Waals surface area contributed by atoms with Crippen LogP contribution in [-0.2, 0) is 13.0 Å². The van der Waals surface area contributed by atoms with Crippen molar-refractivity contribution in [1.29, 1.82) is 0 Å². The fourth-order valence-corrected chi connectivity index (χ4v) is 2.16. The molecule has 5 heteroatoms. The predicted octanol–water partition coefficient (Wildman–Crippen LogP) is 1.86. The van der Waals surface area contributed by atoms with E-state index in [0.29, 0.717) is 6.42 Å². The molecule has 2 N–H and O–H groups in total. The zero-order valence-electron chi connectivity index (χ0n) is 11.6. The Bertz CT molecular complexity index is 550. The summed E-state index contributed by atoms with van der Waals surface area (Å²) >= 11 is 0. The summed E-state index contributed by atoms with van der Waals surface area (Å²) in [5, 5.41) is 4.16. The number of methoxy groups -OCH3 is 1. The maximum Gasteiger partial charge on any atom is 0.138 e. The van der Waals surface area contributed by atoms with Crippen molar-refractivity contribution >= 4 is 0 Å². The molecule has 102 valence electrons. The van der Waals surface area contributed by atoms with Gasteiger partial charge in [0.1, 0.15) is 17.9 Å². The number of benzene rings is 1. The van der Waals surface area contributed by atoms with Crippen molar-refractivity contribution in [1.82, 2.24) is 14.8 Å². The Morgan fingerprint density at radius 3 is 2.89 bits per heavy atom. The zero-order valence-corrected chi connectivity index (χ0v) is 11.6. The van der Waals surface area contributed by atoms with Crippen LogP contribution in [0.1, 0.15) is 29.9 Å². The van der Waals surface area contributed by atoms with Gasteiger partial charge in [0.25, 0.3) is 0 Å². The van der Waals surface area contributed by atoms with E-state index in [1.54, 1.807) is 13.4 Å². The molecule has 0 aliphatic carbocycles. The van der Waals surface area contributed by atoms with Crippen molar-refractivity contribution in [2.24, 2.45) is 5.73 Å². The summed E-state index contributed by atoms with van der Waals surface area (Å²) < 4.78 is 7.24. The molecule has 0 fully saturated rings. The van der Waals surface area contributed by atoms with Gasteiger partial charge in [0.15, 0.2) is 0 Å². The summed E-state index contributed by atoms with van der Waals surface area (Å²) in [4.78, 5) is 4.26. The molecule has 0 saturated heterocycles. The average molecular weight is 260 g/mol. The van der Waals surface area contributed by atoms with Crippen LogP contribution in [0, 0.1) is 6.92 Å². The van der Waals surface area contributed by atoms with Gasteiger partial charge in [-0.1, -0.05) is 17.7 Å². The Hall–Kier alpha value is -1.88. The van der Waals surface area contributed by atoms with Gasteiger partial charge < -0.3 is 10.5 Å². The van der Waals surface area contributed by atoms with E-state index in [9.17, 15) is 0 Å². The molecule has 1 unspecified atom stereocenters. The highest BCUT2D eigenvalue weighted by Crippen LogP contribution is 2.26. The molecular weight excluding hydrogens is 240 g/mol. The zero-order chi connectivity index (χ0) is 13.8. The number of ether oxygens (including phenoxy) is 1. The normalized spacial score (nSPS) is 12.4. The minimum absolute atomic E-state index is 0.149. The lowest BCUT2D eigenvalue weighted by atomic mass is 10.0. The Morgan fingerprint density at radius 1 is 1.42 bits per heavy atom. The summed E-state index contributed by atoms with van der Waals surface area (Å²) in [5.41, 5.74) is 8.47. The fraction of sp³-hybridized carbons (Fsp3) is 0.429. The number of hydrogen-bond donors (Lipinski definition) is 1. The summed E-state index contributed by atoms with van der Waals surface area (Å²) in [6.07, 6.45) is 2.21. The molecule has 1 atom stereocenters. The molecule has 0 radical (unpaired) electrons. The topological polar surface area (TPSA) is 66.0 Å². The van der Waals surface area contributed by atoms with E-state index in [1.165, 1.54) is 5.56 Å². The van der Waals surface area contributed by atoms with E-state index in [1.807, 2.05) is 30.7 Å². The maximum absolute atomic E-state index is 6.29. The highest BCUT2D eigenvalue weighted by Gasteiger charge is 2.15. The molecule has 0 bridgehead atoms. The van der Waals surface area contributed by atoms with Gasteiger partial charge in [0, 0.05) is 24.6 Å². The Kier molecular flexibility index (Phi) is 4.16. The second kappa shape index (κ2) is 5.84. The summed E-state index contributed by atoms with van der Waals surface area (Å²) in [5.74, 6) is 1.72. The Balaban J connectivity index is 2.24. The van der Waals surface area contributed by atoms with Crippen molar-refractivity contribution in [2.75, 3.05) is 7.11 Å². The van der Waals surface area contributed by atoms with Crippen LogP contribution in [0.4, 0.5) is 0 Å². The third kappa shape index (κ3) is 2.93. The van der Waals surface area contributed by atoms with Gasteiger partial charge in [-0.3, -0.25) is 4.68 Å². The molecule has 19 heavy (non-hydrogen) atoms. The van der Waals surface area contributed by atoms with Crippen molar-refractivity contribution in [3.05, 3.63) is 41.5 Å². The predicted molar refractivity (Wildman–Crippen MR) is 74.1 cm³/mol. The van der Waals surface area contributed by atoms with Crippen LogP contribution >= 0.6 is 0 Å². The van der Waals surface area contributed by atoms with Crippen LogP contribution < -0.4 is 10.5 Å². The molecule has 2 aromatic rings. The molecule has 1 heterocycles. The SMILES string of the molecule is CCn1ncnc1CC(N)c1cc(C)ccc1OC. The van der Waals surface area contributed by atoms with Crippen molar-refractivity contribution in [3.8, 4) is 5.75 Å². The number of aromatic nitrogens is 3. The second-order valence-corrected chi connectivity index (χ2v) is 4.55. The van der Waals surface area contributed by atoms with Crippen LogP contribution in [0.3, 0.4) is 0 Å². The number of nitrogens with zero attached hydrogens (tertiary/aromatic N) is 3. The smallest absolute Gasteiger partial charge is 0.138 e. The Labute approximate surface area is 113 Å². The number of nitrogens with two attached hydrogens (primary N) is 1. The lowest BCUT2D eigenvalue weighted by molar-refractivity contribution is 0.404. The van der Waals surface area contributed by atoms with E-state index in [0.717, 1.165) is 23.7 Å². The molecule has 0 amide bonds. The molecule has 0 spiro atoms. The van der Waals surface area contributed by atoms with E-state index in [-0.39, 0.29) is 6.04 Å². The monoisotopic (exact) mass is 260 g/mol. The highest BCUT2D eigenvalue weighted by molar-refractivity contribution is 5.39. The number of rotatable bonds is 5. The molecule has 0 aliphatic rings. The van der Waals surface area contributed by atoms with Crippen molar-refractivity contribution in [3.63, 3.8) is 0 Å². The largest absolute Gasteiger partial charge is 0.496 e. The first-order chi connectivity index (χ1) is 9.15. The summed E-state index contributed by atoms with van der Waals surface area (Å²) in [6, 6.07) is 5.89. The van der Waals surface area contributed by atoms with Crippen LogP contribution in [0.15, 0.2) is 24.5 Å². The molecule has 5 nitrogen and oxygen atoms in total. The van der Waals surface area contributed by atoms with Crippen molar-refractivity contribution in [2.45, 2.75) is 32.9 Å². The lowest BCUT2D eigenvalue weighted by Gasteiger charge is -2.16. The van der Waals surface area contributed by atoms with Crippen molar-refractivity contribution < 1.29 is 4.74 Å². The number of hydrogen-bond acceptors (Lipinski definition) is 4. The fourth-order valence-electron chi connectivity index (χ4n) is 2.16. The van der Waals surface area contributed by atoms with Gasteiger partial charge >= 0.3 is 0 Å².